The number of anilines is 1. The number of rotatable bonds is 7. The number of carbonyl (C=O) groups excluding carboxylic acids is 1. The molecule has 0 aromatic heterocycles. The van der Waals surface area contributed by atoms with Crippen LogP contribution in [0.15, 0.2) is 47.4 Å². The van der Waals surface area contributed by atoms with Crippen molar-refractivity contribution >= 4 is 44.8 Å². The number of hydrogen-bond donors (Lipinski definition) is 3. The van der Waals surface area contributed by atoms with Gasteiger partial charge in [-0.1, -0.05) is 35.3 Å². The summed E-state index contributed by atoms with van der Waals surface area (Å²) < 4.78 is 22.3. The zero-order valence-electron chi connectivity index (χ0n) is 13.1. The Bertz CT molecular complexity index is 855. The van der Waals surface area contributed by atoms with Crippen LogP contribution in [0.5, 0.6) is 0 Å². The first-order valence-electron chi connectivity index (χ1n) is 7.33. The molecule has 0 unspecified atom stereocenters. The van der Waals surface area contributed by atoms with Crippen molar-refractivity contribution in [2.75, 3.05) is 18.4 Å². The average molecular weight is 402 g/mol. The van der Waals surface area contributed by atoms with Crippen LogP contribution in [0.1, 0.15) is 5.56 Å². The van der Waals surface area contributed by atoms with E-state index in [2.05, 4.69) is 10.6 Å². The molecule has 4 N–H and O–H groups in total. The highest BCUT2D eigenvalue weighted by Crippen LogP contribution is 2.24. The molecule has 0 atom stereocenters. The third kappa shape index (κ3) is 6.30. The molecule has 2 aromatic rings. The van der Waals surface area contributed by atoms with E-state index in [1.54, 1.807) is 30.3 Å². The molecule has 0 aliphatic rings. The highest BCUT2D eigenvalue weighted by molar-refractivity contribution is 7.89. The quantitative estimate of drug-likeness (QED) is 0.619. The molecule has 134 valence electrons. The van der Waals surface area contributed by atoms with Gasteiger partial charge in [0.2, 0.25) is 15.9 Å². The van der Waals surface area contributed by atoms with Gasteiger partial charge in [0.15, 0.2) is 0 Å². The number of nitrogens with two attached hydrogens (primary N) is 1. The monoisotopic (exact) mass is 401 g/mol. The maximum atomic E-state index is 11.8. The van der Waals surface area contributed by atoms with E-state index >= 15 is 0 Å². The number of benzene rings is 2. The molecule has 9 heteroatoms. The van der Waals surface area contributed by atoms with E-state index in [0.29, 0.717) is 28.7 Å². The molecule has 6 nitrogen and oxygen atoms in total. The third-order valence-electron chi connectivity index (χ3n) is 3.33. The molecule has 0 spiro atoms. The molecule has 0 fully saturated rings. The minimum absolute atomic E-state index is 0.0743. The summed E-state index contributed by atoms with van der Waals surface area (Å²) in [7, 11) is -3.68. The van der Waals surface area contributed by atoms with Crippen LogP contribution in [0, 0.1) is 0 Å². The van der Waals surface area contributed by atoms with Crippen molar-refractivity contribution in [3.05, 3.63) is 58.1 Å². The molecule has 0 radical (unpaired) electrons. The Morgan fingerprint density at radius 1 is 1.04 bits per heavy atom. The van der Waals surface area contributed by atoms with Gasteiger partial charge in [0.1, 0.15) is 0 Å². The van der Waals surface area contributed by atoms with Gasteiger partial charge in [-0.25, -0.2) is 13.6 Å². The Labute approximate surface area is 156 Å². The molecule has 0 bridgehead atoms. The van der Waals surface area contributed by atoms with Crippen molar-refractivity contribution in [1.29, 1.82) is 0 Å². The van der Waals surface area contributed by atoms with Gasteiger partial charge in [-0.3, -0.25) is 4.79 Å². The number of nitrogens with one attached hydrogen (secondary N) is 2. The van der Waals surface area contributed by atoms with Crippen molar-refractivity contribution in [3.8, 4) is 0 Å². The second-order valence-electron chi connectivity index (χ2n) is 5.29. The zero-order chi connectivity index (χ0) is 18.4. The summed E-state index contributed by atoms with van der Waals surface area (Å²) in [6.45, 7) is 0.693. The van der Waals surface area contributed by atoms with Gasteiger partial charge in [0, 0.05) is 5.69 Å². The first kappa shape index (κ1) is 19.7. The van der Waals surface area contributed by atoms with Gasteiger partial charge in [0.05, 0.1) is 21.5 Å². The Balaban J connectivity index is 1.75. The predicted octanol–water partition coefficient (Wildman–Crippen LogP) is 2.41. The summed E-state index contributed by atoms with van der Waals surface area (Å²) in [4.78, 5) is 11.9. The number of amides is 1. The van der Waals surface area contributed by atoms with Gasteiger partial charge in [-0.2, -0.15) is 0 Å². The van der Waals surface area contributed by atoms with Crippen LogP contribution in [-0.2, 0) is 21.2 Å². The SMILES string of the molecule is NS(=O)(=O)c1ccc(CCNCC(=O)Nc2ccc(Cl)c(Cl)c2)cc1. The summed E-state index contributed by atoms with van der Waals surface area (Å²) in [5, 5.41) is 11.6. The van der Waals surface area contributed by atoms with Gasteiger partial charge >= 0.3 is 0 Å². The Kier molecular flexibility index (Phi) is 6.80. The van der Waals surface area contributed by atoms with Gasteiger partial charge in [-0.05, 0) is 48.9 Å². The molecular formula is C16H17Cl2N3O3S. The van der Waals surface area contributed by atoms with Crippen LogP contribution in [0.25, 0.3) is 0 Å². The molecule has 0 aliphatic heterocycles. The topological polar surface area (TPSA) is 101 Å². The molecule has 0 aliphatic carbocycles. The molecule has 2 aromatic carbocycles. The lowest BCUT2D eigenvalue weighted by molar-refractivity contribution is -0.115. The fourth-order valence-electron chi connectivity index (χ4n) is 2.06. The summed E-state index contributed by atoms with van der Waals surface area (Å²) in [5.74, 6) is -0.206. The van der Waals surface area contributed by atoms with E-state index in [0.717, 1.165) is 5.56 Å². The smallest absolute Gasteiger partial charge is 0.238 e. The van der Waals surface area contributed by atoms with Crippen LogP contribution in [0.4, 0.5) is 5.69 Å². The summed E-state index contributed by atoms with van der Waals surface area (Å²) in [5.41, 5.74) is 1.50. The highest BCUT2D eigenvalue weighted by atomic mass is 35.5. The molecule has 0 saturated heterocycles. The standard InChI is InChI=1S/C16H17Cl2N3O3S/c17-14-6-3-12(9-15(14)18)21-16(22)10-20-8-7-11-1-4-13(5-2-11)25(19,23)24/h1-6,9,20H,7-8,10H2,(H,21,22)(H2,19,23,24). The van der Waals surface area contributed by atoms with Crippen LogP contribution < -0.4 is 15.8 Å². The Morgan fingerprint density at radius 2 is 1.72 bits per heavy atom. The van der Waals surface area contributed by atoms with Gasteiger partial charge in [0.25, 0.3) is 0 Å². The van der Waals surface area contributed by atoms with Crippen LogP contribution in [-0.4, -0.2) is 27.4 Å². The molecule has 1 amide bonds. The van der Waals surface area contributed by atoms with Crippen molar-refractivity contribution in [3.63, 3.8) is 0 Å². The van der Waals surface area contributed by atoms with Crippen molar-refractivity contribution in [2.45, 2.75) is 11.3 Å². The lowest BCUT2D eigenvalue weighted by Gasteiger charge is -2.08. The second kappa shape index (κ2) is 8.64. The number of carbonyl (C=O) groups is 1. The predicted molar refractivity (Wildman–Crippen MR) is 99.5 cm³/mol. The number of hydrogen-bond acceptors (Lipinski definition) is 4. The zero-order valence-corrected chi connectivity index (χ0v) is 15.5. The highest BCUT2D eigenvalue weighted by Gasteiger charge is 2.07. The van der Waals surface area contributed by atoms with E-state index in [1.807, 2.05) is 0 Å². The fourth-order valence-corrected chi connectivity index (χ4v) is 2.87. The Hall–Kier alpha value is -1.64. The molecule has 0 saturated carbocycles. The molecule has 25 heavy (non-hydrogen) atoms. The molecular weight excluding hydrogens is 385 g/mol. The molecule has 2 rings (SSSR count). The van der Waals surface area contributed by atoms with E-state index in [9.17, 15) is 13.2 Å². The number of primary sulfonamides is 1. The van der Waals surface area contributed by atoms with Crippen LogP contribution >= 0.6 is 23.2 Å². The van der Waals surface area contributed by atoms with Crippen LogP contribution in [0.3, 0.4) is 0 Å². The number of halogens is 2. The summed E-state index contributed by atoms with van der Waals surface area (Å²) in [6.07, 6.45) is 0.644. The normalized spacial score (nSPS) is 11.3. The largest absolute Gasteiger partial charge is 0.325 e. The van der Waals surface area contributed by atoms with E-state index in [4.69, 9.17) is 28.3 Å². The summed E-state index contributed by atoms with van der Waals surface area (Å²) >= 11 is 11.7. The maximum absolute atomic E-state index is 11.8. The first-order chi connectivity index (χ1) is 11.8. The van der Waals surface area contributed by atoms with Crippen molar-refractivity contribution < 1.29 is 13.2 Å². The first-order valence-corrected chi connectivity index (χ1v) is 9.63. The van der Waals surface area contributed by atoms with Gasteiger partial charge in [-0.15, -0.1) is 0 Å². The maximum Gasteiger partial charge on any atom is 0.238 e. The van der Waals surface area contributed by atoms with E-state index in [-0.39, 0.29) is 17.3 Å². The Morgan fingerprint density at radius 3 is 2.32 bits per heavy atom. The number of sulfonamides is 1. The second-order valence-corrected chi connectivity index (χ2v) is 7.67. The lowest BCUT2D eigenvalue weighted by atomic mass is 10.1. The minimum atomic E-state index is -3.68. The van der Waals surface area contributed by atoms with Crippen molar-refractivity contribution in [2.24, 2.45) is 5.14 Å². The van der Waals surface area contributed by atoms with Crippen LogP contribution in [0.2, 0.25) is 10.0 Å². The molecule has 0 heterocycles. The fraction of sp³-hybridized carbons (Fsp3) is 0.188. The van der Waals surface area contributed by atoms with E-state index < -0.39 is 10.0 Å². The van der Waals surface area contributed by atoms with Gasteiger partial charge < -0.3 is 10.6 Å². The summed E-state index contributed by atoms with van der Waals surface area (Å²) in [6, 6.07) is 11.2. The third-order valence-corrected chi connectivity index (χ3v) is 5.00. The average Bonchev–Trinajstić information content (AvgIpc) is 2.55. The van der Waals surface area contributed by atoms with Crippen molar-refractivity contribution in [1.82, 2.24) is 5.32 Å². The minimum Gasteiger partial charge on any atom is -0.325 e. The van der Waals surface area contributed by atoms with E-state index in [1.165, 1.54) is 12.1 Å². The lowest BCUT2D eigenvalue weighted by Crippen LogP contribution is -2.29.